The van der Waals surface area contributed by atoms with E-state index in [0.717, 1.165) is 36.6 Å². The first-order valence-electron chi connectivity index (χ1n) is 7.53. The minimum atomic E-state index is -4.41. The van der Waals surface area contributed by atoms with Crippen LogP contribution in [0.25, 0.3) is 0 Å². The molecule has 3 rings (SSSR count). The summed E-state index contributed by atoms with van der Waals surface area (Å²) in [6.45, 7) is 1.70. The van der Waals surface area contributed by atoms with Gasteiger partial charge in [-0.05, 0) is 48.5 Å². The summed E-state index contributed by atoms with van der Waals surface area (Å²) in [7, 11) is 0. The van der Waals surface area contributed by atoms with E-state index in [2.05, 4.69) is 15.6 Å². The van der Waals surface area contributed by atoms with Crippen LogP contribution in [0.2, 0.25) is 0 Å². The Morgan fingerprint density at radius 3 is 2.27 bits per heavy atom. The van der Waals surface area contributed by atoms with Gasteiger partial charge in [0.15, 0.2) is 0 Å². The van der Waals surface area contributed by atoms with Gasteiger partial charge < -0.3 is 17.1 Å². The van der Waals surface area contributed by atoms with Gasteiger partial charge in [-0.2, -0.15) is 13.2 Å². The van der Waals surface area contributed by atoms with Gasteiger partial charge in [0.2, 0.25) is 0 Å². The summed E-state index contributed by atoms with van der Waals surface area (Å²) in [5, 5.41) is 5.57. The SMILES string of the molecule is O=C(Nc1ccc(C(F)(F)F)cc1)Oc1ccc(C2=[NH+]CCN2)cc1.[Cl-]. The summed E-state index contributed by atoms with van der Waals surface area (Å²) in [6, 6.07) is 11.0. The summed E-state index contributed by atoms with van der Waals surface area (Å²) in [5.41, 5.74) is 0.367. The molecule has 0 aliphatic carbocycles. The first-order chi connectivity index (χ1) is 11.9. The fraction of sp³-hybridized carbons (Fsp3) is 0.176. The van der Waals surface area contributed by atoms with Crippen molar-refractivity contribution in [3.05, 3.63) is 59.7 Å². The van der Waals surface area contributed by atoms with Crippen LogP contribution in [0.1, 0.15) is 11.1 Å². The van der Waals surface area contributed by atoms with Crippen LogP contribution in [0.4, 0.5) is 23.7 Å². The largest absolute Gasteiger partial charge is 1.00 e. The zero-order chi connectivity index (χ0) is 17.9. The normalized spacial score (nSPS) is 13.3. The molecule has 0 aromatic heterocycles. The molecule has 1 aliphatic heterocycles. The van der Waals surface area contributed by atoms with Crippen molar-refractivity contribution in [2.45, 2.75) is 6.18 Å². The molecule has 0 fully saturated rings. The Bertz CT molecular complexity index is 790. The van der Waals surface area contributed by atoms with Crippen molar-refractivity contribution in [1.82, 2.24) is 5.32 Å². The second kappa shape index (κ2) is 8.09. The molecule has 0 saturated heterocycles. The van der Waals surface area contributed by atoms with Gasteiger partial charge in [-0.25, -0.2) is 4.79 Å². The maximum Gasteiger partial charge on any atom is 0.417 e. The van der Waals surface area contributed by atoms with Gasteiger partial charge in [0.05, 0.1) is 11.1 Å². The van der Waals surface area contributed by atoms with Crippen molar-refractivity contribution in [3.63, 3.8) is 0 Å². The third-order valence-corrected chi connectivity index (χ3v) is 3.54. The summed E-state index contributed by atoms with van der Waals surface area (Å²) in [4.78, 5) is 15.0. The number of amidine groups is 1. The number of carbonyl (C=O) groups excluding carboxylic acids is 1. The Hall–Kier alpha value is -2.74. The second-order valence-electron chi connectivity index (χ2n) is 5.34. The third kappa shape index (κ3) is 4.89. The number of hydrogen-bond donors (Lipinski definition) is 3. The highest BCUT2D eigenvalue weighted by molar-refractivity contribution is 5.95. The molecule has 2 aromatic rings. The van der Waals surface area contributed by atoms with Crippen molar-refractivity contribution < 1.29 is 40.1 Å². The molecule has 9 heteroatoms. The van der Waals surface area contributed by atoms with Crippen LogP contribution in [0.5, 0.6) is 5.75 Å². The van der Waals surface area contributed by atoms with Crippen LogP contribution in [0.15, 0.2) is 48.5 Å². The van der Waals surface area contributed by atoms with Gasteiger partial charge in [-0.3, -0.25) is 15.6 Å². The Kier molecular flexibility index (Phi) is 6.10. The Morgan fingerprint density at radius 2 is 1.73 bits per heavy atom. The lowest BCUT2D eigenvalue weighted by molar-refractivity contribution is -0.444. The molecule has 0 saturated carbocycles. The maximum absolute atomic E-state index is 12.5. The number of ether oxygens (including phenoxy) is 1. The van der Waals surface area contributed by atoms with E-state index in [9.17, 15) is 18.0 Å². The lowest BCUT2D eigenvalue weighted by Crippen LogP contribution is -3.00. The number of benzene rings is 2. The van der Waals surface area contributed by atoms with E-state index in [4.69, 9.17) is 4.74 Å². The van der Waals surface area contributed by atoms with E-state index in [1.807, 2.05) is 0 Å². The topological polar surface area (TPSA) is 64.3 Å². The molecule has 1 heterocycles. The molecule has 26 heavy (non-hydrogen) atoms. The van der Waals surface area contributed by atoms with Crippen molar-refractivity contribution in [2.75, 3.05) is 18.4 Å². The molecular formula is C17H15ClF3N3O2. The fourth-order valence-corrected chi connectivity index (χ4v) is 2.32. The van der Waals surface area contributed by atoms with Gasteiger partial charge >= 0.3 is 12.3 Å². The monoisotopic (exact) mass is 385 g/mol. The average Bonchev–Trinajstić information content (AvgIpc) is 3.09. The Labute approximate surface area is 153 Å². The molecule has 3 N–H and O–H groups in total. The van der Waals surface area contributed by atoms with E-state index in [-0.39, 0.29) is 18.1 Å². The smallest absolute Gasteiger partial charge is 0.417 e. The summed E-state index contributed by atoms with van der Waals surface area (Å²) in [6.07, 6.45) is -5.20. The predicted molar refractivity (Wildman–Crippen MR) is 85.5 cm³/mol. The molecule has 0 unspecified atom stereocenters. The molecule has 0 radical (unpaired) electrons. The number of nitrogens with one attached hydrogen (secondary N) is 3. The van der Waals surface area contributed by atoms with Gasteiger partial charge in [0, 0.05) is 5.69 Å². The Morgan fingerprint density at radius 1 is 1.08 bits per heavy atom. The van der Waals surface area contributed by atoms with Gasteiger partial charge in [0.25, 0.3) is 5.84 Å². The van der Waals surface area contributed by atoms with Gasteiger partial charge in [-0.1, -0.05) is 0 Å². The first kappa shape index (κ1) is 19.6. The fourth-order valence-electron chi connectivity index (χ4n) is 2.32. The minimum absolute atomic E-state index is 0. The molecule has 1 amide bonds. The second-order valence-corrected chi connectivity index (χ2v) is 5.34. The van der Waals surface area contributed by atoms with Gasteiger partial charge in [-0.15, -0.1) is 0 Å². The number of amides is 1. The maximum atomic E-state index is 12.5. The van der Waals surface area contributed by atoms with Crippen LogP contribution in [-0.4, -0.2) is 25.0 Å². The number of rotatable bonds is 3. The Balaban J connectivity index is 0.00000243. The zero-order valence-corrected chi connectivity index (χ0v) is 14.1. The van der Waals surface area contributed by atoms with Crippen molar-refractivity contribution >= 4 is 17.6 Å². The lowest BCUT2D eigenvalue weighted by Gasteiger charge is -2.09. The van der Waals surface area contributed by atoms with E-state index >= 15 is 0 Å². The minimum Gasteiger partial charge on any atom is -1.00 e. The van der Waals surface area contributed by atoms with E-state index in [0.29, 0.717) is 5.75 Å². The van der Waals surface area contributed by atoms with E-state index in [1.165, 1.54) is 12.1 Å². The number of carbonyl (C=O) groups is 1. The number of alkyl halides is 3. The van der Waals surface area contributed by atoms with Crippen LogP contribution in [-0.2, 0) is 6.18 Å². The van der Waals surface area contributed by atoms with Crippen LogP contribution in [0, 0.1) is 0 Å². The van der Waals surface area contributed by atoms with Gasteiger partial charge in [0.1, 0.15) is 18.8 Å². The summed E-state index contributed by atoms with van der Waals surface area (Å²) < 4.78 is 42.6. The van der Waals surface area contributed by atoms with Crippen LogP contribution in [0.3, 0.4) is 0 Å². The molecule has 5 nitrogen and oxygen atoms in total. The standard InChI is InChI=1S/C17H14F3N3O2.ClH/c18-17(19,20)12-3-5-13(6-4-12)23-16(24)25-14-7-1-11(2-8-14)15-21-9-10-22-15;/h1-8H,9-10H2,(H,21,22)(H,23,24);1H. The summed E-state index contributed by atoms with van der Waals surface area (Å²) >= 11 is 0. The molecule has 2 aromatic carbocycles. The average molecular weight is 386 g/mol. The molecule has 0 atom stereocenters. The summed E-state index contributed by atoms with van der Waals surface area (Å²) in [5.74, 6) is 1.24. The highest BCUT2D eigenvalue weighted by Gasteiger charge is 2.30. The molecule has 0 spiro atoms. The zero-order valence-electron chi connectivity index (χ0n) is 13.4. The number of anilines is 1. The molecule has 138 valence electrons. The van der Waals surface area contributed by atoms with Crippen molar-refractivity contribution in [2.24, 2.45) is 0 Å². The quantitative estimate of drug-likeness (QED) is 0.619. The van der Waals surface area contributed by atoms with E-state index < -0.39 is 17.8 Å². The number of hydrogen-bond acceptors (Lipinski definition) is 3. The highest BCUT2D eigenvalue weighted by atomic mass is 35.5. The lowest BCUT2D eigenvalue weighted by atomic mass is 10.2. The van der Waals surface area contributed by atoms with E-state index in [1.54, 1.807) is 24.3 Å². The first-order valence-corrected chi connectivity index (χ1v) is 7.53. The molecule has 1 aliphatic rings. The van der Waals surface area contributed by atoms with Crippen LogP contribution >= 0.6 is 0 Å². The third-order valence-electron chi connectivity index (χ3n) is 3.54. The number of halogens is 4. The predicted octanol–water partition coefficient (Wildman–Crippen LogP) is -1.25. The van der Waals surface area contributed by atoms with Crippen LogP contribution < -0.4 is 32.8 Å². The molecular weight excluding hydrogens is 371 g/mol. The van der Waals surface area contributed by atoms with Crippen molar-refractivity contribution in [1.29, 1.82) is 0 Å². The highest BCUT2D eigenvalue weighted by Crippen LogP contribution is 2.29. The molecule has 0 bridgehead atoms. The van der Waals surface area contributed by atoms with Crippen molar-refractivity contribution in [3.8, 4) is 5.75 Å².